The lowest BCUT2D eigenvalue weighted by atomic mass is 10.00. The fraction of sp³-hybridized carbons (Fsp3) is 0.100. The van der Waals surface area contributed by atoms with Gasteiger partial charge in [0.05, 0.1) is 17.5 Å². The number of benzene rings is 1. The van der Waals surface area contributed by atoms with Crippen molar-refractivity contribution >= 4 is 22.7 Å². The Hall–Kier alpha value is -3.61. The summed E-state index contributed by atoms with van der Waals surface area (Å²) in [6.45, 7) is 3.90. The summed E-state index contributed by atoms with van der Waals surface area (Å²) in [6, 6.07) is 8.77. The summed E-state index contributed by atoms with van der Waals surface area (Å²) in [6.07, 6.45) is 4.00. The third-order valence-corrected chi connectivity index (χ3v) is 4.33. The molecule has 4 rings (SSSR count). The normalized spacial score (nSPS) is 10.9. The molecule has 1 aromatic carbocycles. The average Bonchev–Trinajstić information content (AvgIpc) is 3.02. The van der Waals surface area contributed by atoms with Crippen LogP contribution in [0.2, 0.25) is 0 Å². The van der Waals surface area contributed by atoms with Crippen LogP contribution in [-0.4, -0.2) is 21.0 Å². The molecule has 0 atom stereocenters. The third-order valence-electron chi connectivity index (χ3n) is 4.33. The van der Waals surface area contributed by atoms with Crippen LogP contribution in [0.15, 0.2) is 53.4 Å². The zero-order valence-corrected chi connectivity index (χ0v) is 14.7. The Morgan fingerprint density at radius 2 is 2.00 bits per heavy atom. The molecule has 0 saturated carbocycles. The molecule has 134 valence electrons. The van der Waals surface area contributed by atoms with Crippen LogP contribution >= 0.6 is 0 Å². The number of hydrogen-bond donors (Lipinski definition) is 1. The summed E-state index contributed by atoms with van der Waals surface area (Å²) >= 11 is 0. The van der Waals surface area contributed by atoms with E-state index in [4.69, 9.17) is 4.52 Å². The number of halogens is 1. The fourth-order valence-electron chi connectivity index (χ4n) is 2.89. The lowest BCUT2D eigenvalue weighted by Gasteiger charge is -2.08. The van der Waals surface area contributed by atoms with Gasteiger partial charge in [-0.1, -0.05) is 5.16 Å². The van der Waals surface area contributed by atoms with Gasteiger partial charge in [-0.3, -0.25) is 9.78 Å². The van der Waals surface area contributed by atoms with Gasteiger partial charge in [0.25, 0.3) is 5.91 Å². The number of carbonyl (C=O) groups excluding carboxylic acids is 1. The molecule has 3 aromatic heterocycles. The Morgan fingerprint density at radius 3 is 2.74 bits per heavy atom. The third kappa shape index (κ3) is 3.15. The van der Waals surface area contributed by atoms with Crippen LogP contribution in [0.4, 0.5) is 10.2 Å². The highest BCUT2D eigenvalue weighted by Crippen LogP contribution is 2.29. The van der Waals surface area contributed by atoms with E-state index in [1.807, 2.05) is 32.0 Å². The van der Waals surface area contributed by atoms with Gasteiger partial charge in [0.2, 0.25) is 0 Å². The summed E-state index contributed by atoms with van der Waals surface area (Å²) in [5.41, 5.74) is 4.36. The first-order valence-electron chi connectivity index (χ1n) is 8.27. The fourth-order valence-corrected chi connectivity index (χ4v) is 2.89. The lowest BCUT2D eigenvalue weighted by molar-refractivity contribution is 0.102. The van der Waals surface area contributed by atoms with Crippen LogP contribution in [0.25, 0.3) is 22.1 Å². The van der Waals surface area contributed by atoms with E-state index >= 15 is 0 Å². The highest BCUT2D eigenvalue weighted by atomic mass is 19.1. The molecule has 1 amide bonds. The van der Waals surface area contributed by atoms with Crippen LogP contribution in [0.5, 0.6) is 0 Å². The van der Waals surface area contributed by atoms with Gasteiger partial charge in [0.15, 0.2) is 11.4 Å². The summed E-state index contributed by atoms with van der Waals surface area (Å²) in [5, 5.41) is 7.54. The van der Waals surface area contributed by atoms with Crippen molar-refractivity contribution in [2.75, 3.05) is 5.32 Å². The van der Waals surface area contributed by atoms with E-state index in [0.29, 0.717) is 11.4 Å². The Bertz CT molecular complexity index is 1150. The second kappa shape index (κ2) is 6.60. The minimum Gasteiger partial charge on any atom is -0.356 e. The number of nitrogens with zero attached hydrogens (tertiary/aromatic N) is 3. The summed E-state index contributed by atoms with van der Waals surface area (Å²) < 4.78 is 19.0. The number of rotatable bonds is 3. The molecule has 27 heavy (non-hydrogen) atoms. The maximum Gasteiger partial charge on any atom is 0.259 e. The maximum absolute atomic E-state index is 13.6. The Morgan fingerprint density at radius 1 is 1.15 bits per heavy atom. The standard InChI is InChI=1S/C20H15FN4O2/c1-11-7-16-12(2)25-27-18(16)8-15(11)13-3-4-19(23-9-13)24-20(26)14-5-6-22-10-17(14)21/h3-10H,1-2H3,(H,23,24,26). The lowest BCUT2D eigenvalue weighted by Crippen LogP contribution is -2.14. The number of aromatic nitrogens is 3. The molecule has 7 heteroatoms. The smallest absolute Gasteiger partial charge is 0.259 e. The van der Waals surface area contributed by atoms with E-state index < -0.39 is 11.7 Å². The zero-order chi connectivity index (χ0) is 19.0. The minimum absolute atomic E-state index is 0.0853. The number of nitrogens with one attached hydrogen (secondary N) is 1. The first kappa shape index (κ1) is 16.8. The van der Waals surface area contributed by atoms with Crippen LogP contribution in [0, 0.1) is 19.7 Å². The molecule has 0 radical (unpaired) electrons. The summed E-state index contributed by atoms with van der Waals surface area (Å²) in [4.78, 5) is 20.0. The van der Waals surface area contributed by atoms with Crippen molar-refractivity contribution in [2.45, 2.75) is 13.8 Å². The molecule has 0 saturated heterocycles. The van der Waals surface area contributed by atoms with Crippen molar-refractivity contribution in [3.63, 3.8) is 0 Å². The highest BCUT2D eigenvalue weighted by Gasteiger charge is 2.13. The molecule has 0 spiro atoms. The predicted octanol–water partition coefficient (Wildman–Crippen LogP) is 4.29. The molecule has 4 aromatic rings. The number of aryl methyl sites for hydroxylation is 2. The second-order valence-electron chi connectivity index (χ2n) is 6.17. The van der Waals surface area contributed by atoms with Gasteiger partial charge in [0.1, 0.15) is 5.82 Å². The Labute approximate surface area is 154 Å². The number of anilines is 1. The molecule has 0 unspecified atom stereocenters. The number of pyridine rings is 2. The van der Waals surface area contributed by atoms with Gasteiger partial charge in [0, 0.05) is 23.3 Å². The monoisotopic (exact) mass is 362 g/mol. The quantitative estimate of drug-likeness (QED) is 0.588. The molecule has 3 heterocycles. The largest absolute Gasteiger partial charge is 0.356 e. The van der Waals surface area contributed by atoms with Gasteiger partial charge in [-0.2, -0.15) is 0 Å². The van der Waals surface area contributed by atoms with Crippen molar-refractivity contribution in [1.29, 1.82) is 0 Å². The molecule has 0 aliphatic carbocycles. The molecular weight excluding hydrogens is 347 g/mol. The topological polar surface area (TPSA) is 80.9 Å². The van der Waals surface area contributed by atoms with Gasteiger partial charge < -0.3 is 9.84 Å². The SMILES string of the molecule is Cc1cc2c(C)noc2cc1-c1ccc(NC(=O)c2ccncc2F)nc1. The minimum atomic E-state index is -0.683. The van der Waals surface area contributed by atoms with Crippen molar-refractivity contribution in [3.05, 3.63) is 71.6 Å². The number of fused-ring (bicyclic) bond motifs is 1. The Kier molecular flexibility index (Phi) is 4.12. The van der Waals surface area contributed by atoms with Crippen LogP contribution in [0.3, 0.4) is 0 Å². The van der Waals surface area contributed by atoms with Crippen LogP contribution < -0.4 is 5.32 Å². The van der Waals surface area contributed by atoms with Gasteiger partial charge in [-0.15, -0.1) is 0 Å². The molecule has 6 nitrogen and oxygen atoms in total. The van der Waals surface area contributed by atoms with Crippen molar-refractivity contribution in [1.82, 2.24) is 15.1 Å². The Balaban J connectivity index is 1.60. The molecule has 0 aliphatic rings. The zero-order valence-electron chi connectivity index (χ0n) is 14.7. The predicted molar refractivity (Wildman–Crippen MR) is 98.9 cm³/mol. The number of carbonyl (C=O) groups is 1. The molecule has 0 fully saturated rings. The van der Waals surface area contributed by atoms with Gasteiger partial charge in [-0.25, -0.2) is 9.37 Å². The van der Waals surface area contributed by atoms with E-state index in [1.165, 1.54) is 12.3 Å². The summed E-state index contributed by atoms with van der Waals surface area (Å²) in [5.74, 6) is -0.933. The van der Waals surface area contributed by atoms with Gasteiger partial charge >= 0.3 is 0 Å². The number of hydrogen-bond acceptors (Lipinski definition) is 5. The molecule has 1 N–H and O–H groups in total. The molecular formula is C20H15FN4O2. The van der Waals surface area contributed by atoms with Crippen LogP contribution in [0.1, 0.15) is 21.6 Å². The first-order valence-corrected chi connectivity index (χ1v) is 8.27. The van der Waals surface area contributed by atoms with Crippen molar-refractivity contribution < 1.29 is 13.7 Å². The van der Waals surface area contributed by atoms with E-state index in [9.17, 15) is 9.18 Å². The van der Waals surface area contributed by atoms with E-state index in [-0.39, 0.29) is 5.56 Å². The van der Waals surface area contributed by atoms with E-state index in [2.05, 4.69) is 20.4 Å². The number of amides is 1. The molecule has 0 aliphatic heterocycles. The average molecular weight is 362 g/mol. The molecule has 0 bridgehead atoms. The van der Waals surface area contributed by atoms with Crippen molar-refractivity contribution in [3.8, 4) is 11.1 Å². The maximum atomic E-state index is 13.6. The second-order valence-corrected chi connectivity index (χ2v) is 6.17. The van der Waals surface area contributed by atoms with Crippen molar-refractivity contribution in [2.24, 2.45) is 0 Å². The van der Waals surface area contributed by atoms with Crippen LogP contribution in [-0.2, 0) is 0 Å². The highest BCUT2D eigenvalue weighted by molar-refractivity contribution is 6.03. The van der Waals surface area contributed by atoms with E-state index in [1.54, 1.807) is 12.3 Å². The first-order chi connectivity index (χ1) is 13.0. The van der Waals surface area contributed by atoms with E-state index in [0.717, 1.165) is 34.0 Å². The van der Waals surface area contributed by atoms with Gasteiger partial charge in [-0.05, 0) is 55.3 Å². The summed E-state index contributed by atoms with van der Waals surface area (Å²) in [7, 11) is 0.